The Labute approximate surface area is 145 Å². The van der Waals surface area contributed by atoms with Gasteiger partial charge in [-0.15, -0.1) is 0 Å². The van der Waals surface area contributed by atoms with Gasteiger partial charge in [0.1, 0.15) is 0 Å². The molecule has 2 fully saturated rings. The molecule has 0 bridgehead atoms. The van der Waals surface area contributed by atoms with Gasteiger partial charge >= 0.3 is 0 Å². The number of piperazine rings is 1. The monoisotopic (exact) mass is 330 g/mol. The standard InChI is InChI=1S/C19H30N4O/c1-21-13-15-23(16-14-21)18-7-5-17(6-8-18)20-19(24)9-12-22-10-3-2-4-11-22/h5-8H,2-4,9-16H2,1H3,(H,20,24). The molecule has 5 nitrogen and oxygen atoms in total. The molecule has 0 aliphatic carbocycles. The van der Waals surface area contributed by atoms with Crippen LogP contribution in [-0.2, 0) is 4.79 Å². The van der Waals surface area contributed by atoms with Crippen LogP contribution in [0.3, 0.4) is 0 Å². The van der Waals surface area contributed by atoms with E-state index in [0.29, 0.717) is 6.42 Å². The van der Waals surface area contributed by atoms with Crippen LogP contribution in [0.4, 0.5) is 11.4 Å². The highest BCUT2D eigenvalue weighted by molar-refractivity contribution is 5.91. The molecule has 132 valence electrons. The molecule has 0 radical (unpaired) electrons. The first kappa shape index (κ1) is 17.2. The Bertz CT molecular complexity index is 517. The SMILES string of the molecule is CN1CCN(c2ccc(NC(=O)CCN3CCCCC3)cc2)CC1. The molecular formula is C19H30N4O. The second-order valence-electron chi connectivity index (χ2n) is 7.04. The molecule has 0 unspecified atom stereocenters. The van der Waals surface area contributed by atoms with Crippen LogP contribution in [0.15, 0.2) is 24.3 Å². The van der Waals surface area contributed by atoms with Crippen molar-refractivity contribution < 1.29 is 4.79 Å². The van der Waals surface area contributed by atoms with E-state index in [0.717, 1.165) is 51.5 Å². The maximum Gasteiger partial charge on any atom is 0.225 e. The minimum absolute atomic E-state index is 0.118. The first-order valence-corrected chi connectivity index (χ1v) is 9.26. The normalized spacial score (nSPS) is 20.1. The van der Waals surface area contributed by atoms with Crippen molar-refractivity contribution in [2.24, 2.45) is 0 Å². The molecule has 1 N–H and O–H groups in total. The second-order valence-corrected chi connectivity index (χ2v) is 7.04. The molecule has 1 aromatic rings. The summed E-state index contributed by atoms with van der Waals surface area (Å²) in [7, 11) is 2.17. The lowest BCUT2D eigenvalue weighted by molar-refractivity contribution is -0.116. The zero-order valence-corrected chi connectivity index (χ0v) is 14.8. The van der Waals surface area contributed by atoms with Crippen LogP contribution in [0.1, 0.15) is 25.7 Å². The Balaban J connectivity index is 1.44. The van der Waals surface area contributed by atoms with Crippen LogP contribution < -0.4 is 10.2 Å². The fourth-order valence-electron chi connectivity index (χ4n) is 3.49. The van der Waals surface area contributed by atoms with Crippen molar-refractivity contribution in [1.82, 2.24) is 9.80 Å². The Kier molecular flexibility index (Phi) is 6.10. The fraction of sp³-hybridized carbons (Fsp3) is 0.632. The lowest BCUT2D eigenvalue weighted by Gasteiger charge is -2.34. The first-order valence-electron chi connectivity index (χ1n) is 9.26. The van der Waals surface area contributed by atoms with E-state index in [1.54, 1.807) is 0 Å². The molecule has 0 saturated carbocycles. The average molecular weight is 330 g/mol. The maximum absolute atomic E-state index is 12.1. The van der Waals surface area contributed by atoms with Gasteiger partial charge in [-0.05, 0) is 57.2 Å². The van der Waals surface area contributed by atoms with Crippen molar-refractivity contribution in [3.8, 4) is 0 Å². The molecule has 3 rings (SSSR count). The smallest absolute Gasteiger partial charge is 0.225 e. The van der Waals surface area contributed by atoms with Crippen molar-refractivity contribution in [1.29, 1.82) is 0 Å². The summed E-state index contributed by atoms with van der Waals surface area (Å²) in [5.41, 5.74) is 2.14. The number of carbonyl (C=O) groups is 1. The molecule has 1 aromatic carbocycles. The highest BCUT2D eigenvalue weighted by Gasteiger charge is 2.14. The van der Waals surface area contributed by atoms with E-state index in [1.165, 1.54) is 24.9 Å². The topological polar surface area (TPSA) is 38.8 Å². The summed E-state index contributed by atoms with van der Waals surface area (Å²) in [6.07, 6.45) is 4.47. The molecule has 2 heterocycles. The van der Waals surface area contributed by atoms with Gasteiger partial charge in [0, 0.05) is 50.5 Å². The van der Waals surface area contributed by atoms with Crippen LogP contribution >= 0.6 is 0 Å². The van der Waals surface area contributed by atoms with E-state index >= 15 is 0 Å². The summed E-state index contributed by atoms with van der Waals surface area (Å²) < 4.78 is 0. The molecule has 5 heteroatoms. The second kappa shape index (κ2) is 8.49. The summed E-state index contributed by atoms with van der Waals surface area (Å²) in [6, 6.07) is 8.27. The van der Waals surface area contributed by atoms with E-state index < -0.39 is 0 Å². The third kappa shape index (κ3) is 4.95. The van der Waals surface area contributed by atoms with Gasteiger partial charge in [-0.25, -0.2) is 0 Å². The van der Waals surface area contributed by atoms with Crippen molar-refractivity contribution in [2.45, 2.75) is 25.7 Å². The molecule has 2 aliphatic heterocycles. The van der Waals surface area contributed by atoms with Crippen molar-refractivity contribution in [2.75, 3.05) is 63.1 Å². The highest BCUT2D eigenvalue weighted by Crippen LogP contribution is 2.19. The number of anilines is 2. The lowest BCUT2D eigenvalue weighted by atomic mass is 10.1. The molecular weight excluding hydrogens is 300 g/mol. The molecule has 2 saturated heterocycles. The lowest BCUT2D eigenvalue weighted by Crippen LogP contribution is -2.44. The van der Waals surface area contributed by atoms with Crippen LogP contribution in [0.2, 0.25) is 0 Å². The van der Waals surface area contributed by atoms with Crippen LogP contribution in [0.5, 0.6) is 0 Å². The highest BCUT2D eigenvalue weighted by atomic mass is 16.1. The number of likely N-dealkylation sites (N-methyl/N-ethyl adjacent to an activating group) is 1. The van der Waals surface area contributed by atoms with Gasteiger partial charge in [0.2, 0.25) is 5.91 Å². The number of hydrogen-bond donors (Lipinski definition) is 1. The Morgan fingerprint density at radius 3 is 2.29 bits per heavy atom. The van der Waals surface area contributed by atoms with Gasteiger partial charge in [-0.2, -0.15) is 0 Å². The molecule has 1 amide bonds. The van der Waals surface area contributed by atoms with Gasteiger partial charge in [0.05, 0.1) is 0 Å². The van der Waals surface area contributed by atoms with E-state index in [4.69, 9.17) is 0 Å². The number of piperidine rings is 1. The Morgan fingerprint density at radius 1 is 0.958 bits per heavy atom. The molecule has 2 aliphatic rings. The van der Waals surface area contributed by atoms with E-state index in [2.05, 4.69) is 39.2 Å². The summed E-state index contributed by atoms with van der Waals surface area (Å²) >= 11 is 0. The number of amides is 1. The third-order valence-corrected chi connectivity index (χ3v) is 5.12. The van der Waals surface area contributed by atoms with Gasteiger partial charge in [-0.3, -0.25) is 4.79 Å². The Morgan fingerprint density at radius 2 is 1.62 bits per heavy atom. The van der Waals surface area contributed by atoms with Crippen LogP contribution in [-0.4, -0.2) is 68.6 Å². The molecule has 0 aromatic heterocycles. The number of rotatable bonds is 5. The largest absolute Gasteiger partial charge is 0.369 e. The van der Waals surface area contributed by atoms with Crippen molar-refractivity contribution >= 4 is 17.3 Å². The fourth-order valence-corrected chi connectivity index (χ4v) is 3.49. The number of hydrogen-bond acceptors (Lipinski definition) is 4. The number of nitrogens with zero attached hydrogens (tertiary/aromatic N) is 3. The van der Waals surface area contributed by atoms with Gasteiger partial charge in [0.15, 0.2) is 0 Å². The van der Waals surface area contributed by atoms with Crippen LogP contribution in [0.25, 0.3) is 0 Å². The minimum Gasteiger partial charge on any atom is -0.369 e. The van der Waals surface area contributed by atoms with Gasteiger partial charge in [0.25, 0.3) is 0 Å². The third-order valence-electron chi connectivity index (χ3n) is 5.12. The molecule has 24 heavy (non-hydrogen) atoms. The van der Waals surface area contributed by atoms with Crippen molar-refractivity contribution in [3.05, 3.63) is 24.3 Å². The summed E-state index contributed by atoms with van der Waals surface area (Å²) in [6.45, 7) is 7.52. The maximum atomic E-state index is 12.1. The zero-order valence-electron chi connectivity index (χ0n) is 14.8. The van der Waals surface area contributed by atoms with Gasteiger partial charge in [-0.1, -0.05) is 6.42 Å². The van der Waals surface area contributed by atoms with E-state index in [-0.39, 0.29) is 5.91 Å². The molecule has 0 atom stereocenters. The number of nitrogens with one attached hydrogen (secondary N) is 1. The average Bonchev–Trinajstić information content (AvgIpc) is 2.62. The number of carbonyl (C=O) groups excluding carboxylic acids is 1. The number of benzene rings is 1. The zero-order chi connectivity index (χ0) is 16.8. The first-order chi connectivity index (χ1) is 11.7. The van der Waals surface area contributed by atoms with Crippen molar-refractivity contribution in [3.63, 3.8) is 0 Å². The Hall–Kier alpha value is -1.59. The van der Waals surface area contributed by atoms with Crippen LogP contribution in [0, 0.1) is 0 Å². The van der Waals surface area contributed by atoms with Gasteiger partial charge < -0.3 is 20.0 Å². The number of likely N-dealkylation sites (tertiary alicyclic amines) is 1. The van der Waals surface area contributed by atoms with E-state index in [1.807, 2.05) is 12.1 Å². The quantitative estimate of drug-likeness (QED) is 0.899. The summed E-state index contributed by atoms with van der Waals surface area (Å²) in [5.74, 6) is 0.118. The van der Waals surface area contributed by atoms with E-state index in [9.17, 15) is 4.79 Å². The predicted molar refractivity (Wildman–Crippen MR) is 99.7 cm³/mol. The minimum atomic E-state index is 0.118. The molecule has 0 spiro atoms. The summed E-state index contributed by atoms with van der Waals surface area (Å²) in [4.78, 5) is 19.3. The predicted octanol–water partition coefficient (Wildman–Crippen LogP) is 2.25. The summed E-state index contributed by atoms with van der Waals surface area (Å²) in [5, 5.41) is 3.03.